The van der Waals surface area contributed by atoms with Crippen LogP contribution >= 0.6 is 0 Å². The van der Waals surface area contributed by atoms with Crippen molar-refractivity contribution in [2.24, 2.45) is 0 Å². The molecule has 0 aliphatic carbocycles. The molecule has 1 fully saturated rings. The number of rotatable bonds is 6. The lowest BCUT2D eigenvalue weighted by Crippen LogP contribution is -2.53. The molecule has 0 aromatic heterocycles. The second kappa shape index (κ2) is 9.82. The number of hydrogen-bond donors (Lipinski definition) is 0. The maximum absolute atomic E-state index is 12.7. The molecule has 9 heteroatoms. The summed E-state index contributed by atoms with van der Waals surface area (Å²) in [5, 5.41) is 0. The molecule has 0 radical (unpaired) electrons. The first-order valence-electron chi connectivity index (χ1n) is 9.10. The maximum Gasteiger partial charge on any atom is 0.409 e. The van der Waals surface area contributed by atoms with Gasteiger partial charge in [0.1, 0.15) is 6.54 Å². The number of piperazine rings is 1. The Hall–Kier alpha value is -2.97. The van der Waals surface area contributed by atoms with Crippen molar-refractivity contribution in [2.75, 3.05) is 58.5 Å². The molecule has 0 N–H and O–H groups in total. The molecule has 1 aliphatic heterocycles. The summed E-state index contributed by atoms with van der Waals surface area (Å²) in [5.74, 6) is 0.567. The fraction of sp³-hybridized carbons (Fsp3) is 0.526. The Labute approximate surface area is 164 Å². The Morgan fingerprint density at radius 2 is 1.61 bits per heavy atom. The molecular weight excluding hydrogens is 366 g/mol. The molecule has 1 aromatic rings. The topological polar surface area (TPSA) is 88.6 Å². The van der Waals surface area contributed by atoms with Crippen LogP contribution in [0.5, 0.6) is 11.5 Å². The number of benzene rings is 1. The van der Waals surface area contributed by atoms with E-state index in [0.29, 0.717) is 50.0 Å². The van der Waals surface area contributed by atoms with E-state index < -0.39 is 0 Å². The lowest BCUT2D eigenvalue weighted by atomic mass is 10.2. The molecule has 0 unspecified atom stereocenters. The van der Waals surface area contributed by atoms with Gasteiger partial charge in [-0.05, 0) is 19.1 Å². The van der Waals surface area contributed by atoms with E-state index in [1.807, 2.05) is 0 Å². The Morgan fingerprint density at radius 1 is 1.00 bits per heavy atom. The van der Waals surface area contributed by atoms with Gasteiger partial charge in [-0.3, -0.25) is 9.59 Å². The predicted octanol–water partition coefficient (Wildman–Crippen LogP) is 1.36. The van der Waals surface area contributed by atoms with E-state index in [0.717, 1.165) is 0 Å². The number of carbonyl (C=O) groups is 3. The van der Waals surface area contributed by atoms with Crippen LogP contribution in [-0.2, 0) is 14.3 Å². The Bertz CT molecular complexity index is 716. The summed E-state index contributed by atoms with van der Waals surface area (Å²) in [4.78, 5) is 41.2. The molecule has 2 rings (SSSR count). The Balaban J connectivity index is 2.04. The quantitative estimate of drug-likeness (QED) is 0.725. The normalized spacial score (nSPS) is 13.7. The summed E-state index contributed by atoms with van der Waals surface area (Å²) < 4.78 is 15.5. The van der Waals surface area contributed by atoms with Crippen molar-refractivity contribution in [3.8, 4) is 11.5 Å². The van der Waals surface area contributed by atoms with Crippen molar-refractivity contribution >= 4 is 23.6 Å². The van der Waals surface area contributed by atoms with Gasteiger partial charge in [0, 0.05) is 44.9 Å². The van der Waals surface area contributed by atoms with E-state index >= 15 is 0 Å². The van der Waals surface area contributed by atoms with Crippen molar-refractivity contribution in [3.63, 3.8) is 0 Å². The molecule has 9 nitrogen and oxygen atoms in total. The number of carbonyl (C=O) groups excluding carboxylic acids is 3. The van der Waals surface area contributed by atoms with E-state index in [1.54, 1.807) is 34.9 Å². The number of anilines is 1. The highest BCUT2D eigenvalue weighted by atomic mass is 16.6. The van der Waals surface area contributed by atoms with E-state index in [1.165, 1.54) is 26.0 Å². The summed E-state index contributed by atoms with van der Waals surface area (Å²) in [5.41, 5.74) is 0.545. The van der Waals surface area contributed by atoms with Gasteiger partial charge in [0.25, 0.3) is 0 Å². The van der Waals surface area contributed by atoms with E-state index in [2.05, 4.69) is 0 Å². The van der Waals surface area contributed by atoms with Crippen LogP contribution in [0.4, 0.5) is 10.5 Å². The SMILES string of the molecule is CCOC(=O)N1CCN(C(=O)CN(C(C)=O)c2ccc(OC)c(OC)c2)CC1. The molecule has 0 bridgehead atoms. The maximum atomic E-state index is 12.7. The average Bonchev–Trinajstić information content (AvgIpc) is 2.71. The zero-order chi connectivity index (χ0) is 20.7. The molecule has 1 aromatic carbocycles. The summed E-state index contributed by atoms with van der Waals surface area (Å²) in [6.45, 7) is 4.98. The van der Waals surface area contributed by atoms with Gasteiger partial charge in [-0.25, -0.2) is 4.79 Å². The molecule has 0 saturated carbocycles. The van der Waals surface area contributed by atoms with Gasteiger partial charge < -0.3 is 28.9 Å². The highest BCUT2D eigenvalue weighted by Gasteiger charge is 2.27. The van der Waals surface area contributed by atoms with Crippen LogP contribution in [0.15, 0.2) is 18.2 Å². The van der Waals surface area contributed by atoms with E-state index in [-0.39, 0.29) is 24.5 Å². The van der Waals surface area contributed by atoms with Gasteiger partial charge in [0.15, 0.2) is 11.5 Å². The minimum atomic E-state index is -0.370. The average molecular weight is 393 g/mol. The second-order valence-corrected chi connectivity index (χ2v) is 6.21. The fourth-order valence-electron chi connectivity index (χ4n) is 2.97. The zero-order valence-corrected chi connectivity index (χ0v) is 16.8. The number of ether oxygens (including phenoxy) is 3. The third-order valence-corrected chi connectivity index (χ3v) is 4.51. The Kier molecular flexibility index (Phi) is 7.48. The molecule has 1 saturated heterocycles. The molecule has 3 amide bonds. The number of nitrogens with zero attached hydrogens (tertiary/aromatic N) is 3. The molecule has 154 valence electrons. The molecule has 1 aliphatic rings. The lowest BCUT2D eigenvalue weighted by Gasteiger charge is -2.35. The van der Waals surface area contributed by atoms with Crippen LogP contribution in [0, 0.1) is 0 Å². The molecule has 28 heavy (non-hydrogen) atoms. The predicted molar refractivity (Wildman–Crippen MR) is 103 cm³/mol. The monoisotopic (exact) mass is 393 g/mol. The summed E-state index contributed by atoms with van der Waals surface area (Å²) in [7, 11) is 3.04. The van der Waals surface area contributed by atoms with Gasteiger partial charge in [-0.1, -0.05) is 0 Å². The highest BCUT2D eigenvalue weighted by molar-refractivity contribution is 5.97. The van der Waals surface area contributed by atoms with Crippen LogP contribution in [-0.4, -0.2) is 81.3 Å². The van der Waals surface area contributed by atoms with Crippen molar-refractivity contribution in [3.05, 3.63) is 18.2 Å². The number of amides is 3. The first-order chi connectivity index (χ1) is 13.4. The molecule has 0 atom stereocenters. The Morgan fingerprint density at radius 3 is 2.14 bits per heavy atom. The first-order valence-corrected chi connectivity index (χ1v) is 9.10. The molecule has 1 heterocycles. The molecule has 0 spiro atoms. The number of methoxy groups -OCH3 is 2. The third kappa shape index (κ3) is 5.05. The van der Waals surface area contributed by atoms with E-state index in [4.69, 9.17) is 14.2 Å². The largest absolute Gasteiger partial charge is 0.493 e. The van der Waals surface area contributed by atoms with Crippen LogP contribution in [0.3, 0.4) is 0 Å². The van der Waals surface area contributed by atoms with Crippen LogP contribution in [0.1, 0.15) is 13.8 Å². The second-order valence-electron chi connectivity index (χ2n) is 6.21. The molecular formula is C19H27N3O6. The minimum Gasteiger partial charge on any atom is -0.493 e. The van der Waals surface area contributed by atoms with E-state index in [9.17, 15) is 14.4 Å². The summed E-state index contributed by atoms with van der Waals surface area (Å²) >= 11 is 0. The summed E-state index contributed by atoms with van der Waals surface area (Å²) in [6, 6.07) is 5.05. The number of hydrogen-bond acceptors (Lipinski definition) is 6. The van der Waals surface area contributed by atoms with Crippen LogP contribution in [0.2, 0.25) is 0 Å². The standard InChI is InChI=1S/C19H27N3O6/c1-5-28-19(25)21-10-8-20(9-11-21)18(24)13-22(14(2)23)15-6-7-16(26-3)17(12-15)27-4/h6-7,12H,5,8-11,13H2,1-4H3. The highest BCUT2D eigenvalue weighted by Crippen LogP contribution is 2.31. The van der Waals surface area contributed by atoms with Gasteiger partial charge in [0.2, 0.25) is 11.8 Å². The first kappa shape index (κ1) is 21.3. The van der Waals surface area contributed by atoms with Crippen molar-refractivity contribution in [1.82, 2.24) is 9.80 Å². The minimum absolute atomic E-state index is 0.0930. The van der Waals surface area contributed by atoms with Crippen LogP contribution < -0.4 is 14.4 Å². The zero-order valence-electron chi connectivity index (χ0n) is 16.8. The van der Waals surface area contributed by atoms with Crippen molar-refractivity contribution < 1.29 is 28.6 Å². The summed E-state index contributed by atoms with van der Waals surface area (Å²) in [6.07, 6.45) is -0.370. The third-order valence-electron chi connectivity index (χ3n) is 4.51. The smallest absolute Gasteiger partial charge is 0.409 e. The lowest BCUT2D eigenvalue weighted by molar-refractivity contribution is -0.132. The van der Waals surface area contributed by atoms with Gasteiger partial charge in [-0.2, -0.15) is 0 Å². The fourth-order valence-corrected chi connectivity index (χ4v) is 2.97. The van der Waals surface area contributed by atoms with Gasteiger partial charge >= 0.3 is 6.09 Å². The van der Waals surface area contributed by atoms with Crippen molar-refractivity contribution in [2.45, 2.75) is 13.8 Å². The van der Waals surface area contributed by atoms with Gasteiger partial charge in [-0.15, -0.1) is 0 Å². The van der Waals surface area contributed by atoms with Crippen molar-refractivity contribution in [1.29, 1.82) is 0 Å². The van der Waals surface area contributed by atoms with Gasteiger partial charge in [0.05, 0.1) is 20.8 Å². The van der Waals surface area contributed by atoms with Crippen LogP contribution in [0.25, 0.3) is 0 Å².